The van der Waals surface area contributed by atoms with Crippen molar-refractivity contribution in [1.82, 2.24) is 4.98 Å². The van der Waals surface area contributed by atoms with E-state index in [0.717, 1.165) is 27.6 Å². The molecule has 1 aromatic heterocycles. The zero-order valence-electron chi connectivity index (χ0n) is 9.36. The monoisotopic (exact) mass is 234 g/mol. The zero-order chi connectivity index (χ0) is 11.5. The van der Waals surface area contributed by atoms with Crippen LogP contribution in [0.4, 0.5) is 0 Å². The lowest BCUT2D eigenvalue weighted by atomic mass is 10.1. The molecule has 0 aliphatic rings. The summed E-state index contributed by atoms with van der Waals surface area (Å²) in [6.45, 7) is 2.55. The molecule has 0 radical (unpaired) electrons. The number of hydrogen-bond donors (Lipinski definition) is 1. The number of ether oxygens (including phenoxy) is 1. The van der Waals surface area contributed by atoms with Gasteiger partial charge in [0.2, 0.25) is 0 Å². The highest BCUT2D eigenvalue weighted by Gasteiger charge is 2.07. The van der Waals surface area contributed by atoms with Gasteiger partial charge in [0.15, 0.2) is 0 Å². The molecule has 1 aromatic carbocycles. The van der Waals surface area contributed by atoms with E-state index >= 15 is 0 Å². The third-order valence-corrected chi connectivity index (χ3v) is 3.31. The van der Waals surface area contributed by atoms with Crippen molar-refractivity contribution < 1.29 is 4.74 Å². The van der Waals surface area contributed by atoms with Crippen LogP contribution in [0.25, 0.3) is 11.3 Å². The van der Waals surface area contributed by atoms with E-state index in [1.807, 2.05) is 23.6 Å². The number of rotatable bonds is 3. The molecule has 0 fully saturated rings. The minimum absolute atomic E-state index is 0.500. The van der Waals surface area contributed by atoms with Gasteiger partial charge in [0.25, 0.3) is 0 Å². The van der Waals surface area contributed by atoms with Crippen LogP contribution < -0.4 is 10.5 Å². The van der Waals surface area contributed by atoms with Crippen molar-refractivity contribution in [2.24, 2.45) is 5.73 Å². The van der Waals surface area contributed by atoms with E-state index in [9.17, 15) is 0 Å². The third-order valence-electron chi connectivity index (χ3n) is 2.44. The highest BCUT2D eigenvalue weighted by atomic mass is 32.1. The number of methoxy groups -OCH3 is 1. The van der Waals surface area contributed by atoms with Gasteiger partial charge in [0.05, 0.1) is 12.8 Å². The first-order valence-corrected chi connectivity index (χ1v) is 5.92. The van der Waals surface area contributed by atoms with Gasteiger partial charge in [-0.15, -0.1) is 11.3 Å². The van der Waals surface area contributed by atoms with E-state index in [-0.39, 0.29) is 0 Å². The predicted molar refractivity (Wildman–Crippen MR) is 66.7 cm³/mol. The molecule has 2 rings (SSSR count). The van der Waals surface area contributed by atoms with Crippen LogP contribution in [0.1, 0.15) is 10.6 Å². The Balaban J connectivity index is 2.40. The fourth-order valence-electron chi connectivity index (χ4n) is 1.58. The Bertz CT molecular complexity index is 494. The van der Waals surface area contributed by atoms with Crippen molar-refractivity contribution in [3.63, 3.8) is 0 Å². The van der Waals surface area contributed by atoms with E-state index < -0.39 is 0 Å². The smallest absolute Gasteiger partial charge is 0.119 e. The van der Waals surface area contributed by atoms with Crippen LogP contribution in [0, 0.1) is 6.92 Å². The van der Waals surface area contributed by atoms with E-state index in [4.69, 9.17) is 10.5 Å². The molecule has 0 spiro atoms. The SMILES string of the molecule is COc1ccc(-c2csc(CN)n2)c(C)c1. The Morgan fingerprint density at radius 2 is 2.25 bits per heavy atom. The van der Waals surface area contributed by atoms with E-state index in [2.05, 4.69) is 11.9 Å². The van der Waals surface area contributed by atoms with Gasteiger partial charge in [-0.2, -0.15) is 0 Å². The van der Waals surface area contributed by atoms with Crippen LogP contribution in [-0.2, 0) is 6.54 Å². The van der Waals surface area contributed by atoms with Gasteiger partial charge in [0.1, 0.15) is 10.8 Å². The molecule has 0 aliphatic heterocycles. The predicted octanol–water partition coefficient (Wildman–Crippen LogP) is 2.59. The van der Waals surface area contributed by atoms with E-state index in [0.29, 0.717) is 6.54 Å². The minimum Gasteiger partial charge on any atom is -0.497 e. The first-order chi connectivity index (χ1) is 7.74. The number of nitrogens with zero attached hydrogens (tertiary/aromatic N) is 1. The van der Waals surface area contributed by atoms with Gasteiger partial charge < -0.3 is 10.5 Å². The molecule has 1 heterocycles. The number of aryl methyl sites for hydroxylation is 1. The summed E-state index contributed by atoms with van der Waals surface area (Å²) in [7, 11) is 1.67. The summed E-state index contributed by atoms with van der Waals surface area (Å²) in [5, 5.41) is 3.00. The van der Waals surface area contributed by atoms with Crippen molar-refractivity contribution in [2.45, 2.75) is 13.5 Å². The fourth-order valence-corrected chi connectivity index (χ4v) is 2.25. The van der Waals surface area contributed by atoms with Gasteiger partial charge in [0, 0.05) is 17.5 Å². The summed E-state index contributed by atoms with van der Waals surface area (Å²) in [6.07, 6.45) is 0. The number of aromatic nitrogens is 1. The summed E-state index contributed by atoms with van der Waals surface area (Å²) >= 11 is 1.60. The van der Waals surface area contributed by atoms with Crippen LogP contribution in [-0.4, -0.2) is 12.1 Å². The Morgan fingerprint density at radius 1 is 1.44 bits per heavy atom. The average Bonchev–Trinajstić information content (AvgIpc) is 2.77. The van der Waals surface area contributed by atoms with Crippen molar-refractivity contribution >= 4 is 11.3 Å². The van der Waals surface area contributed by atoms with Crippen molar-refractivity contribution in [3.05, 3.63) is 34.2 Å². The minimum atomic E-state index is 0.500. The largest absolute Gasteiger partial charge is 0.497 e. The van der Waals surface area contributed by atoms with Gasteiger partial charge in [-0.05, 0) is 30.7 Å². The molecule has 2 aromatic rings. The molecular weight excluding hydrogens is 220 g/mol. The average molecular weight is 234 g/mol. The van der Waals surface area contributed by atoms with Gasteiger partial charge in [-0.1, -0.05) is 0 Å². The molecule has 0 saturated carbocycles. The molecule has 0 saturated heterocycles. The fraction of sp³-hybridized carbons (Fsp3) is 0.250. The Labute approximate surface area is 98.9 Å². The van der Waals surface area contributed by atoms with E-state index in [1.54, 1.807) is 18.4 Å². The maximum atomic E-state index is 5.55. The molecule has 16 heavy (non-hydrogen) atoms. The topological polar surface area (TPSA) is 48.1 Å². The Morgan fingerprint density at radius 3 is 2.81 bits per heavy atom. The Kier molecular flexibility index (Phi) is 3.22. The maximum absolute atomic E-state index is 5.55. The second kappa shape index (κ2) is 4.63. The third kappa shape index (κ3) is 2.08. The number of hydrogen-bond acceptors (Lipinski definition) is 4. The van der Waals surface area contributed by atoms with Crippen LogP contribution >= 0.6 is 11.3 Å². The summed E-state index contributed by atoms with van der Waals surface area (Å²) in [6, 6.07) is 5.99. The van der Waals surface area contributed by atoms with Crippen molar-refractivity contribution in [1.29, 1.82) is 0 Å². The zero-order valence-corrected chi connectivity index (χ0v) is 10.2. The normalized spacial score (nSPS) is 10.4. The molecule has 4 heteroatoms. The molecular formula is C12H14N2OS. The quantitative estimate of drug-likeness (QED) is 0.888. The summed E-state index contributed by atoms with van der Waals surface area (Å²) in [5.41, 5.74) is 8.84. The van der Waals surface area contributed by atoms with Crippen molar-refractivity contribution in [2.75, 3.05) is 7.11 Å². The lowest BCUT2D eigenvalue weighted by molar-refractivity contribution is 0.414. The first kappa shape index (κ1) is 11.1. The summed E-state index contributed by atoms with van der Waals surface area (Å²) in [5.74, 6) is 0.871. The molecule has 2 N–H and O–H groups in total. The summed E-state index contributed by atoms with van der Waals surface area (Å²) in [4.78, 5) is 4.47. The maximum Gasteiger partial charge on any atom is 0.119 e. The second-order valence-corrected chi connectivity index (χ2v) is 4.45. The Hall–Kier alpha value is -1.39. The number of thiazole rings is 1. The summed E-state index contributed by atoms with van der Waals surface area (Å²) < 4.78 is 5.17. The van der Waals surface area contributed by atoms with Gasteiger partial charge in [-0.25, -0.2) is 4.98 Å². The lowest BCUT2D eigenvalue weighted by Crippen LogP contribution is -1.95. The highest BCUT2D eigenvalue weighted by Crippen LogP contribution is 2.27. The molecule has 0 atom stereocenters. The second-order valence-electron chi connectivity index (χ2n) is 3.51. The van der Waals surface area contributed by atoms with Crippen molar-refractivity contribution in [3.8, 4) is 17.0 Å². The van der Waals surface area contributed by atoms with Crippen LogP contribution in [0.3, 0.4) is 0 Å². The van der Waals surface area contributed by atoms with Crippen LogP contribution in [0.15, 0.2) is 23.6 Å². The molecule has 0 aliphatic carbocycles. The first-order valence-electron chi connectivity index (χ1n) is 5.04. The standard InChI is InChI=1S/C12H14N2OS/c1-8-5-9(15-2)3-4-10(8)11-7-16-12(6-13)14-11/h3-5,7H,6,13H2,1-2H3. The van der Waals surface area contributed by atoms with Crippen LogP contribution in [0.2, 0.25) is 0 Å². The number of benzene rings is 1. The lowest BCUT2D eigenvalue weighted by Gasteiger charge is -2.05. The molecule has 0 unspecified atom stereocenters. The molecule has 0 amide bonds. The van der Waals surface area contributed by atoms with Crippen LogP contribution in [0.5, 0.6) is 5.75 Å². The number of nitrogens with two attached hydrogens (primary N) is 1. The molecule has 84 valence electrons. The van der Waals surface area contributed by atoms with Gasteiger partial charge >= 0.3 is 0 Å². The van der Waals surface area contributed by atoms with E-state index in [1.165, 1.54) is 0 Å². The van der Waals surface area contributed by atoms with Gasteiger partial charge in [-0.3, -0.25) is 0 Å². The molecule has 0 bridgehead atoms. The highest BCUT2D eigenvalue weighted by molar-refractivity contribution is 7.09. The molecule has 3 nitrogen and oxygen atoms in total.